The fourth-order valence-corrected chi connectivity index (χ4v) is 3.00. The van der Waals surface area contributed by atoms with E-state index in [1.54, 1.807) is 18.7 Å². The molecule has 0 aliphatic rings. The van der Waals surface area contributed by atoms with Gasteiger partial charge in [0.1, 0.15) is 0 Å². The summed E-state index contributed by atoms with van der Waals surface area (Å²) in [5.41, 5.74) is 5.23. The maximum absolute atomic E-state index is 11.2. The summed E-state index contributed by atoms with van der Waals surface area (Å²) in [7, 11) is 0. The molecule has 0 aliphatic carbocycles. The molecule has 0 amide bonds. The van der Waals surface area contributed by atoms with E-state index in [1.165, 1.54) is 11.1 Å². The van der Waals surface area contributed by atoms with E-state index in [4.69, 9.17) is 0 Å². The highest BCUT2D eigenvalue weighted by molar-refractivity contribution is 7.98. The Labute approximate surface area is 127 Å². The van der Waals surface area contributed by atoms with E-state index in [9.17, 15) is 4.79 Å². The molecule has 0 spiro atoms. The van der Waals surface area contributed by atoms with Gasteiger partial charge in [-0.3, -0.25) is 4.79 Å². The van der Waals surface area contributed by atoms with Crippen molar-refractivity contribution in [2.75, 3.05) is 0 Å². The number of rotatable bonds is 4. The normalized spacial score (nSPS) is 11.0. The molecule has 0 radical (unpaired) electrons. The van der Waals surface area contributed by atoms with Crippen molar-refractivity contribution in [3.8, 4) is 0 Å². The van der Waals surface area contributed by atoms with Gasteiger partial charge in [-0.05, 0) is 37.1 Å². The van der Waals surface area contributed by atoms with Gasteiger partial charge in [0.05, 0.1) is 11.0 Å². The topological polar surface area (TPSA) is 45.8 Å². The van der Waals surface area contributed by atoms with Gasteiger partial charge in [-0.1, -0.05) is 42.1 Å². The van der Waals surface area contributed by atoms with Crippen molar-refractivity contribution >= 4 is 28.6 Å². The van der Waals surface area contributed by atoms with Crippen LogP contribution in [0.3, 0.4) is 0 Å². The van der Waals surface area contributed by atoms with Crippen LogP contribution in [-0.2, 0) is 5.75 Å². The first-order valence-electron chi connectivity index (χ1n) is 6.81. The molecule has 2 aromatic carbocycles. The molecule has 1 aromatic heterocycles. The number of H-pyrrole nitrogens is 1. The first-order valence-corrected chi connectivity index (χ1v) is 7.79. The molecule has 4 heteroatoms. The summed E-state index contributed by atoms with van der Waals surface area (Å²) in [6.45, 7) is 3.66. The number of thioether (sulfide) groups is 1. The summed E-state index contributed by atoms with van der Waals surface area (Å²) in [4.78, 5) is 19.1. The molecule has 0 atom stereocenters. The standard InChI is InChI=1S/C17H16N2OS/c1-11-3-8-15-16(9-11)19-17(18-15)21-10-13-4-6-14(7-5-13)12(2)20/h3-9H,10H2,1-2H3,(H,18,19). The Morgan fingerprint density at radius 1 is 1.19 bits per heavy atom. The molecule has 0 aliphatic heterocycles. The Kier molecular flexibility index (Phi) is 3.80. The number of imidazole rings is 1. The smallest absolute Gasteiger partial charge is 0.166 e. The van der Waals surface area contributed by atoms with E-state index in [2.05, 4.69) is 29.0 Å². The van der Waals surface area contributed by atoms with Crippen LogP contribution in [0.5, 0.6) is 0 Å². The molecule has 0 unspecified atom stereocenters. The van der Waals surface area contributed by atoms with Crippen LogP contribution in [0.1, 0.15) is 28.4 Å². The average Bonchev–Trinajstić information content (AvgIpc) is 2.87. The minimum atomic E-state index is 0.0989. The van der Waals surface area contributed by atoms with Crippen LogP contribution in [-0.4, -0.2) is 15.8 Å². The predicted molar refractivity (Wildman–Crippen MR) is 86.8 cm³/mol. The maximum atomic E-state index is 11.2. The van der Waals surface area contributed by atoms with Crippen LogP contribution in [0, 0.1) is 6.92 Å². The van der Waals surface area contributed by atoms with Gasteiger partial charge < -0.3 is 4.98 Å². The van der Waals surface area contributed by atoms with Crippen LogP contribution in [0.25, 0.3) is 11.0 Å². The molecule has 0 bridgehead atoms. The monoisotopic (exact) mass is 296 g/mol. The number of aromatic nitrogens is 2. The summed E-state index contributed by atoms with van der Waals surface area (Å²) in [6.07, 6.45) is 0. The Hall–Kier alpha value is -2.07. The largest absolute Gasteiger partial charge is 0.333 e. The number of ketones is 1. The number of hydrogen-bond donors (Lipinski definition) is 1. The number of benzene rings is 2. The minimum absolute atomic E-state index is 0.0989. The quantitative estimate of drug-likeness (QED) is 0.574. The maximum Gasteiger partial charge on any atom is 0.166 e. The zero-order valence-corrected chi connectivity index (χ0v) is 12.8. The Balaban J connectivity index is 1.72. The molecule has 1 N–H and O–H groups in total. The predicted octanol–water partition coefficient (Wildman–Crippen LogP) is 4.37. The Morgan fingerprint density at radius 3 is 2.67 bits per heavy atom. The van der Waals surface area contributed by atoms with Crippen molar-refractivity contribution in [3.63, 3.8) is 0 Å². The van der Waals surface area contributed by atoms with E-state index in [1.807, 2.05) is 30.3 Å². The molecule has 3 aromatic rings. The van der Waals surface area contributed by atoms with E-state index >= 15 is 0 Å². The van der Waals surface area contributed by atoms with Crippen molar-refractivity contribution in [1.82, 2.24) is 9.97 Å². The van der Waals surface area contributed by atoms with Crippen LogP contribution in [0.2, 0.25) is 0 Å². The average molecular weight is 296 g/mol. The van der Waals surface area contributed by atoms with Gasteiger partial charge in [-0.15, -0.1) is 0 Å². The molecule has 3 rings (SSSR count). The highest BCUT2D eigenvalue weighted by Crippen LogP contribution is 2.23. The van der Waals surface area contributed by atoms with Crippen molar-refractivity contribution in [3.05, 3.63) is 59.2 Å². The lowest BCUT2D eigenvalue weighted by Gasteiger charge is -2.00. The third kappa shape index (κ3) is 3.16. The summed E-state index contributed by atoms with van der Waals surface area (Å²) in [5, 5.41) is 0.922. The molecule has 0 fully saturated rings. The first kappa shape index (κ1) is 13.9. The second kappa shape index (κ2) is 5.74. The Morgan fingerprint density at radius 2 is 1.95 bits per heavy atom. The lowest BCUT2D eigenvalue weighted by Crippen LogP contribution is -1.91. The molecule has 3 nitrogen and oxygen atoms in total. The number of Topliss-reactive ketones (excluding diaryl/α,β-unsaturated/α-hetero) is 1. The van der Waals surface area contributed by atoms with Crippen molar-refractivity contribution in [2.45, 2.75) is 24.8 Å². The lowest BCUT2D eigenvalue weighted by molar-refractivity contribution is 0.101. The third-order valence-electron chi connectivity index (χ3n) is 3.35. The van der Waals surface area contributed by atoms with E-state index in [-0.39, 0.29) is 5.78 Å². The van der Waals surface area contributed by atoms with Gasteiger partial charge in [0.2, 0.25) is 0 Å². The van der Waals surface area contributed by atoms with Crippen LogP contribution in [0.4, 0.5) is 0 Å². The number of carbonyl (C=O) groups excluding carboxylic acids is 1. The molecule has 0 saturated heterocycles. The molecular formula is C17H16N2OS. The van der Waals surface area contributed by atoms with E-state index < -0.39 is 0 Å². The molecular weight excluding hydrogens is 280 g/mol. The second-order valence-electron chi connectivity index (χ2n) is 5.10. The number of nitrogens with zero attached hydrogens (tertiary/aromatic N) is 1. The van der Waals surface area contributed by atoms with Crippen LogP contribution in [0.15, 0.2) is 47.6 Å². The number of hydrogen-bond acceptors (Lipinski definition) is 3. The molecule has 106 valence electrons. The van der Waals surface area contributed by atoms with E-state index in [0.717, 1.165) is 27.5 Å². The van der Waals surface area contributed by atoms with Crippen molar-refractivity contribution < 1.29 is 4.79 Å². The van der Waals surface area contributed by atoms with Gasteiger partial charge in [-0.25, -0.2) is 4.98 Å². The molecule has 1 heterocycles. The minimum Gasteiger partial charge on any atom is -0.333 e. The molecule has 0 saturated carbocycles. The zero-order chi connectivity index (χ0) is 14.8. The van der Waals surface area contributed by atoms with Gasteiger partial charge in [0, 0.05) is 11.3 Å². The summed E-state index contributed by atoms with van der Waals surface area (Å²) >= 11 is 1.67. The highest BCUT2D eigenvalue weighted by atomic mass is 32.2. The summed E-state index contributed by atoms with van der Waals surface area (Å²) in [5.74, 6) is 0.929. The zero-order valence-electron chi connectivity index (χ0n) is 12.0. The van der Waals surface area contributed by atoms with Crippen molar-refractivity contribution in [2.24, 2.45) is 0 Å². The van der Waals surface area contributed by atoms with Gasteiger partial charge in [0.25, 0.3) is 0 Å². The van der Waals surface area contributed by atoms with Gasteiger partial charge >= 0.3 is 0 Å². The number of aryl methyl sites for hydroxylation is 1. The number of carbonyl (C=O) groups is 1. The van der Waals surface area contributed by atoms with Gasteiger partial charge in [-0.2, -0.15) is 0 Å². The fourth-order valence-electron chi connectivity index (χ4n) is 2.16. The molecule has 21 heavy (non-hydrogen) atoms. The van der Waals surface area contributed by atoms with Crippen molar-refractivity contribution in [1.29, 1.82) is 0 Å². The SMILES string of the molecule is CC(=O)c1ccc(CSc2nc3ccc(C)cc3[nH]2)cc1. The third-order valence-corrected chi connectivity index (χ3v) is 4.30. The number of fused-ring (bicyclic) bond motifs is 1. The van der Waals surface area contributed by atoms with E-state index in [0.29, 0.717) is 0 Å². The van der Waals surface area contributed by atoms with Gasteiger partial charge in [0.15, 0.2) is 10.9 Å². The fraction of sp³-hybridized carbons (Fsp3) is 0.176. The Bertz CT molecular complexity index is 790. The summed E-state index contributed by atoms with van der Waals surface area (Å²) in [6, 6.07) is 14.0. The summed E-state index contributed by atoms with van der Waals surface area (Å²) < 4.78 is 0. The lowest BCUT2D eigenvalue weighted by atomic mass is 10.1. The van der Waals surface area contributed by atoms with Crippen LogP contribution >= 0.6 is 11.8 Å². The number of aromatic amines is 1. The first-order chi connectivity index (χ1) is 10.1. The number of nitrogens with one attached hydrogen (secondary N) is 1. The highest BCUT2D eigenvalue weighted by Gasteiger charge is 2.05. The van der Waals surface area contributed by atoms with Crippen LogP contribution < -0.4 is 0 Å². The second-order valence-corrected chi connectivity index (χ2v) is 6.07.